The van der Waals surface area contributed by atoms with Crippen LogP contribution in [0.15, 0.2) is 0 Å². The van der Waals surface area contributed by atoms with Crippen molar-refractivity contribution in [3.8, 4) is 0 Å². The molecule has 2 aliphatic rings. The van der Waals surface area contributed by atoms with Crippen molar-refractivity contribution in [3.63, 3.8) is 0 Å². The van der Waals surface area contributed by atoms with Crippen LogP contribution in [0.4, 0.5) is 0 Å². The molecule has 112 valence electrons. The van der Waals surface area contributed by atoms with Crippen molar-refractivity contribution in [2.75, 3.05) is 17.8 Å². The summed E-state index contributed by atoms with van der Waals surface area (Å²) in [7, 11) is -2.02. The van der Waals surface area contributed by atoms with Crippen molar-refractivity contribution in [1.82, 2.24) is 0 Å². The van der Waals surface area contributed by atoms with Crippen molar-refractivity contribution >= 4 is 32.7 Å². The molecule has 0 spiro atoms. The normalized spacial score (nSPS) is 41.4. The van der Waals surface area contributed by atoms with Crippen molar-refractivity contribution in [3.05, 3.63) is 0 Å². The SMILES string of the molecule is CO[C@@H]1[C@H]2OC(C)(C)O[C@H]2[C@H](CI)[C@@H]1OS(C)(=O)=O. The number of halogens is 1. The molecule has 0 amide bonds. The molecule has 1 aliphatic heterocycles. The van der Waals surface area contributed by atoms with Crippen LogP contribution < -0.4 is 0 Å². The van der Waals surface area contributed by atoms with Crippen LogP contribution in [-0.4, -0.2) is 56.4 Å². The Morgan fingerprint density at radius 2 is 1.79 bits per heavy atom. The number of ether oxygens (including phenoxy) is 3. The van der Waals surface area contributed by atoms with Gasteiger partial charge in [0.25, 0.3) is 10.1 Å². The monoisotopic (exact) mass is 406 g/mol. The van der Waals surface area contributed by atoms with Crippen molar-refractivity contribution < 1.29 is 26.8 Å². The first-order valence-electron chi connectivity index (χ1n) is 6.01. The van der Waals surface area contributed by atoms with E-state index >= 15 is 0 Å². The third-order valence-electron chi connectivity index (χ3n) is 3.39. The number of alkyl halides is 1. The smallest absolute Gasteiger partial charge is 0.264 e. The molecule has 0 aromatic carbocycles. The van der Waals surface area contributed by atoms with Gasteiger partial charge >= 0.3 is 0 Å². The Hall–Kier alpha value is 0.520. The second-order valence-corrected chi connectivity index (χ2v) is 7.83. The minimum absolute atomic E-state index is 0.0768. The van der Waals surface area contributed by atoms with Gasteiger partial charge in [-0.3, -0.25) is 4.18 Å². The molecule has 2 rings (SSSR count). The van der Waals surface area contributed by atoms with Gasteiger partial charge in [-0.05, 0) is 13.8 Å². The molecule has 0 bridgehead atoms. The van der Waals surface area contributed by atoms with Crippen LogP contribution in [0, 0.1) is 5.92 Å². The lowest BCUT2D eigenvalue weighted by molar-refractivity contribution is -0.179. The lowest BCUT2D eigenvalue weighted by Crippen LogP contribution is -2.40. The first kappa shape index (κ1) is 15.9. The van der Waals surface area contributed by atoms with Crippen molar-refractivity contribution in [2.24, 2.45) is 5.92 Å². The van der Waals surface area contributed by atoms with Crippen LogP contribution in [0.5, 0.6) is 0 Å². The van der Waals surface area contributed by atoms with E-state index in [1.165, 1.54) is 7.11 Å². The summed E-state index contributed by atoms with van der Waals surface area (Å²) in [6, 6.07) is 0. The summed E-state index contributed by atoms with van der Waals surface area (Å²) in [6.07, 6.45) is -0.469. The van der Waals surface area contributed by atoms with Gasteiger partial charge in [-0.15, -0.1) is 0 Å². The van der Waals surface area contributed by atoms with Crippen molar-refractivity contribution in [2.45, 2.75) is 44.1 Å². The summed E-state index contributed by atoms with van der Waals surface area (Å²) in [5, 5.41) is 0. The molecule has 19 heavy (non-hydrogen) atoms. The molecule has 0 unspecified atom stereocenters. The van der Waals surface area contributed by atoms with Crippen LogP contribution in [0.2, 0.25) is 0 Å². The minimum atomic E-state index is -3.55. The quantitative estimate of drug-likeness (QED) is 0.393. The first-order chi connectivity index (χ1) is 8.68. The van der Waals surface area contributed by atoms with E-state index in [1.54, 1.807) is 0 Å². The molecular formula is C11H19IO6S. The Labute approximate surface area is 127 Å². The first-order valence-corrected chi connectivity index (χ1v) is 9.35. The zero-order valence-corrected chi connectivity index (χ0v) is 14.3. The van der Waals surface area contributed by atoms with Gasteiger partial charge in [0, 0.05) is 17.5 Å². The van der Waals surface area contributed by atoms with E-state index in [-0.39, 0.29) is 18.1 Å². The van der Waals surface area contributed by atoms with Crippen LogP contribution in [0.1, 0.15) is 13.8 Å². The molecule has 6 nitrogen and oxygen atoms in total. The maximum Gasteiger partial charge on any atom is 0.264 e. The summed E-state index contributed by atoms with van der Waals surface area (Å²) in [5.41, 5.74) is 0. The van der Waals surface area contributed by atoms with Crippen LogP contribution in [0.3, 0.4) is 0 Å². The molecule has 0 N–H and O–H groups in total. The highest BCUT2D eigenvalue weighted by molar-refractivity contribution is 14.1. The van der Waals surface area contributed by atoms with E-state index < -0.39 is 28.1 Å². The molecule has 0 aromatic heterocycles. The van der Waals surface area contributed by atoms with E-state index in [0.717, 1.165) is 6.26 Å². The highest BCUT2D eigenvalue weighted by atomic mass is 127. The molecule has 1 saturated carbocycles. The van der Waals surface area contributed by atoms with Crippen LogP contribution in [-0.2, 0) is 28.5 Å². The summed E-state index contributed by atoms with van der Waals surface area (Å²) in [5.74, 6) is -0.751. The van der Waals surface area contributed by atoms with Gasteiger partial charge in [0.15, 0.2) is 5.79 Å². The predicted octanol–water partition coefficient (Wildman–Crippen LogP) is 0.931. The highest BCUT2D eigenvalue weighted by Gasteiger charge is 2.60. The number of fused-ring (bicyclic) bond motifs is 1. The van der Waals surface area contributed by atoms with Gasteiger partial charge in [-0.25, -0.2) is 0 Å². The summed E-state index contributed by atoms with van der Waals surface area (Å²) < 4.78 is 45.8. The van der Waals surface area contributed by atoms with Gasteiger partial charge < -0.3 is 14.2 Å². The van der Waals surface area contributed by atoms with E-state index in [0.29, 0.717) is 4.43 Å². The molecule has 1 saturated heterocycles. The Morgan fingerprint density at radius 3 is 2.26 bits per heavy atom. The Balaban J connectivity index is 2.26. The Morgan fingerprint density at radius 1 is 1.21 bits per heavy atom. The third kappa shape index (κ3) is 3.24. The van der Waals surface area contributed by atoms with E-state index in [1.807, 2.05) is 13.8 Å². The van der Waals surface area contributed by atoms with Gasteiger partial charge in [0.2, 0.25) is 0 Å². The fourth-order valence-corrected chi connectivity index (χ4v) is 4.45. The number of methoxy groups -OCH3 is 1. The second-order valence-electron chi connectivity index (χ2n) is 5.35. The fraction of sp³-hybridized carbons (Fsp3) is 1.00. The molecule has 5 atom stereocenters. The Bertz CT molecular complexity index is 414. The molecule has 1 heterocycles. The maximum atomic E-state index is 11.4. The maximum absolute atomic E-state index is 11.4. The molecule has 1 aliphatic carbocycles. The van der Waals surface area contributed by atoms with Crippen molar-refractivity contribution in [1.29, 1.82) is 0 Å². The van der Waals surface area contributed by atoms with Gasteiger partial charge in [-0.1, -0.05) is 22.6 Å². The average Bonchev–Trinajstić information content (AvgIpc) is 2.65. The number of hydrogen-bond donors (Lipinski definition) is 0. The molecule has 0 radical (unpaired) electrons. The zero-order valence-electron chi connectivity index (χ0n) is 11.3. The largest absolute Gasteiger partial charge is 0.376 e. The third-order valence-corrected chi connectivity index (χ3v) is 4.98. The Kier molecular flexibility index (Phi) is 4.50. The topological polar surface area (TPSA) is 71.1 Å². The van der Waals surface area contributed by atoms with E-state index in [9.17, 15) is 8.42 Å². The van der Waals surface area contributed by atoms with Crippen LogP contribution >= 0.6 is 22.6 Å². The number of hydrogen-bond acceptors (Lipinski definition) is 6. The lowest BCUT2D eigenvalue weighted by Gasteiger charge is -2.28. The summed E-state index contributed by atoms with van der Waals surface area (Å²) in [6.45, 7) is 3.68. The minimum Gasteiger partial charge on any atom is -0.376 e. The molecular weight excluding hydrogens is 387 g/mol. The molecule has 0 aromatic rings. The standard InChI is InChI=1S/C11H19IO6S/c1-11(2)16-7-6(5-12)8(18-19(4,13)14)9(15-3)10(7)17-11/h6-10H,5H2,1-4H3/t6-,7-,8-,9-,10-/m0/s1. The summed E-state index contributed by atoms with van der Waals surface area (Å²) in [4.78, 5) is 0. The zero-order chi connectivity index (χ0) is 14.4. The van der Waals surface area contributed by atoms with Gasteiger partial charge in [0.1, 0.15) is 18.3 Å². The predicted molar refractivity (Wildman–Crippen MR) is 76.7 cm³/mol. The fourth-order valence-electron chi connectivity index (χ4n) is 2.79. The van der Waals surface area contributed by atoms with Gasteiger partial charge in [-0.2, -0.15) is 8.42 Å². The molecule has 8 heteroatoms. The highest BCUT2D eigenvalue weighted by Crippen LogP contribution is 2.45. The lowest BCUT2D eigenvalue weighted by atomic mass is 10.1. The second kappa shape index (κ2) is 5.38. The van der Waals surface area contributed by atoms with Crippen LogP contribution in [0.25, 0.3) is 0 Å². The van der Waals surface area contributed by atoms with E-state index in [4.69, 9.17) is 18.4 Å². The number of rotatable bonds is 4. The molecule has 2 fully saturated rings. The van der Waals surface area contributed by atoms with Gasteiger partial charge in [0.05, 0.1) is 12.4 Å². The van der Waals surface area contributed by atoms with E-state index in [2.05, 4.69) is 22.6 Å². The summed E-state index contributed by atoms with van der Waals surface area (Å²) >= 11 is 2.20. The average molecular weight is 406 g/mol.